The first kappa shape index (κ1) is 16.0. The molecule has 0 bridgehead atoms. The van der Waals surface area contributed by atoms with E-state index in [0.717, 1.165) is 31.4 Å². The highest BCUT2D eigenvalue weighted by atomic mass is 16.6. The van der Waals surface area contributed by atoms with Crippen LogP contribution < -0.4 is 10.1 Å². The molecule has 0 aromatic heterocycles. The number of hydrogen-bond donors (Lipinski definition) is 1. The Morgan fingerprint density at radius 2 is 2.00 bits per heavy atom. The molecule has 6 nitrogen and oxygen atoms in total. The molecule has 1 aliphatic carbocycles. The molecular formula is C18H18N2O4. The van der Waals surface area contributed by atoms with E-state index < -0.39 is 4.92 Å². The summed E-state index contributed by atoms with van der Waals surface area (Å²) in [6.45, 7) is 0. The van der Waals surface area contributed by atoms with Crippen LogP contribution >= 0.6 is 0 Å². The Hall–Kier alpha value is -2.89. The predicted octanol–water partition coefficient (Wildman–Crippen LogP) is 3.73. The van der Waals surface area contributed by atoms with E-state index in [1.165, 1.54) is 36.4 Å². The quantitative estimate of drug-likeness (QED) is 0.685. The predicted molar refractivity (Wildman–Crippen MR) is 90.7 cm³/mol. The summed E-state index contributed by atoms with van der Waals surface area (Å²) in [5.41, 5.74) is 3.23. The Labute approximate surface area is 139 Å². The second-order valence-corrected chi connectivity index (χ2v) is 5.75. The zero-order valence-electron chi connectivity index (χ0n) is 13.4. The van der Waals surface area contributed by atoms with Crippen molar-refractivity contribution in [1.29, 1.82) is 0 Å². The number of methoxy groups -OCH3 is 1. The molecule has 0 aliphatic heterocycles. The van der Waals surface area contributed by atoms with Gasteiger partial charge in [-0.1, -0.05) is 12.1 Å². The smallest absolute Gasteiger partial charge is 0.311 e. The van der Waals surface area contributed by atoms with Crippen LogP contribution in [0.15, 0.2) is 36.4 Å². The lowest BCUT2D eigenvalue weighted by molar-refractivity contribution is -0.385. The molecule has 2 aromatic carbocycles. The SMILES string of the molecule is COc1ccc(C(=O)Nc2cccc3c2CCCC3)cc1[N+](=O)[O-]. The first-order valence-corrected chi connectivity index (χ1v) is 7.84. The minimum atomic E-state index is -0.556. The Bertz CT molecular complexity index is 802. The van der Waals surface area contributed by atoms with Crippen molar-refractivity contribution in [2.45, 2.75) is 25.7 Å². The molecule has 1 N–H and O–H groups in total. The molecule has 24 heavy (non-hydrogen) atoms. The number of nitro groups is 1. The van der Waals surface area contributed by atoms with Gasteiger partial charge in [0.15, 0.2) is 5.75 Å². The topological polar surface area (TPSA) is 81.5 Å². The van der Waals surface area contributed by atoms with E-state index in [9.17, 15) is 14.9 Å². The Morgan fingerprint density at radius 1 is 1.21 bits per heavy atom. The normalized spacial score (nSPS) is 13.0. The van der Waals surface area contributed by atoms with Gasteiger partial charge in [-0.2, -0.15) is 0 Å². The van der Waals surface area contributed by atoms with Gasteiger partial charge in [-0.25, -0.2) is 0 Å². The van der Waals surface area contributed by atoms with Crippen molar-refractivity contribution >= 4 is 17.3 Å². The minimum Gasteiger partial charge on any atom is -0.490 e. The van der Waals surface area contributed by atoms with Gasteiger partial charge in [0.1, 0.15) is 0 Å². The summed E-state index contributed by atoms with van der Waals surface area (Å²) in [6, 6.07) is 10.1. The summed E-state index contributed by atoms with van der Waals surface area (Å²) in [7, 11) is 1.36. The molecule has 3 rings (SSSR count). The summed E-state index contributed by atoms with van der Waals surface area (Å²) in [4.78, 5) is 23.0. The molecule has 0 atom stereocenters. The number of benzene rings is 2. The number of aryl methyl sites for hydroxylation is 1. The number of rotatable bonds is 4. The second-order valence-electron chi connectivity index (χ2n) is 5.75. The number of carbonyl (C=O) groups is 1. The molecule has 0 spiro atoms. The van der Waals surface area contributed by atoms with Crippen LogP contribution in [0, 0.1) is 10.1 Å². The van der Waals surface area contributed by atoms with E-state index in [1.807, 2.05) is 12.1 Å². The molecule has 0 fully saturated rings. The minimum absolute atomic E-state index is 0.133. The lowest BCUT2D eigenvalue weighted by Crippen LogP contribution is -2.15. The van der Waals surface area contributed by atoms with E-state index in [-0.39, 0.29) is 22.9 Å². The van der Waals surface area contributed by atoms with Crippen LogP contribution in [0.1, 0.15) is 34.3 Å². The van der Waals surface area contributed by atoms with Crippen LogP contribution in [0.2, 0.25) is 0 Å². The van der Waals surface area contributed by atoms with Gasteiger partial charge in [-0.15, -0.1) is 0 Å². The summed E-state index contributed by atoms with van der Waals surface area (Å²) in [5.74, 6) is -0.228. The van der Waals surface area contributed by atoms with E-state index in [0.29, 0.717) is 0 Å². The van der Waals surface area contributed by atoms with Crippen LogP contribution in [0.5, 0.6) is 5.75 Å². The number of amides is 1. The van der Waals surface area contributed by atoms with Gasteiger partial charge in [0, 0.05) is 17.3 Å². The molecular weight excluding hydrogens is 308 g/mol. The van der Waals surface area contributed by atoms with Crippen molar-refractivity contribution in [2.75, 3.05) is 12.4 Å². The average molecular weight is 326 g/mol. The van der Waals surface area contributed by atoms with E-state index >= 15 is 0 Å². The van der Waals surface area contributed by atoms with E-state index in [1.54, 1.807) is 0 Å². The average Bonchev–Trinajstić information content (AvgIpc) is 2.61. The highest BCUT2D eigenvalue weighted by Crippen LogP contribution is 2.30. The van der Waals surface area contributed by atoms with Crippen LogP contribution in [-0.2, 0) is 12.8 Å². The highest BCUT2D eigenvalue weighted by Gasteiger charge is 2.20. The van der Waals surface area contributed by atoms with Crippen LogP contribution in [-0.4, -0.2) is 17.9 Å². The van der Waals surface area contributed by atoms with Crippen LogP contribution in [0.4, 0.5) is 11.4 Å². The number of ether oxygens (including phenoxy) is 1. The van der Waals surface area contributed by atoms with E-state index in [2.05, 4.69) is 11.4 Å². The van der Waals surface area contributed by atoms with Gasteiger partial charge in [-0.05, 0) is 55.0 Å². The third-order valence-corrected chi connectivity index (χ3v) is 4.28. The summed E-state index contributed by atoms with van der Waals surface area (Å²) in [5, 5.41) is 14.0. The zero-order chi connectivity index (χ0) is 17.1. The number of nitro benzene ring substituents is 1. The van der Waals surface area contributed by atoms with Gasteiger partial charge in [0.05, 0.1) is 12.0 Å². The fraction of sp³-hybridized carbons (Fsp3) is 0.278. The third-order valence-electron chi connectivity index (χ3n) is 4.28. The van der Waals surface area contributed by atoms with Gasteiger partial charge in [0.2, 0.25) is 0 Å². The lowest BCUT2D eigenvalue weighted by Gasteiger charge is -2.19. The van der Waals surface area contributed by atoms with Gasteiger partial charge in [-0.3, -0.25) is 14.9 Å². The Kier molecular flexibility index (Phi) is 4.46. The van der Waals surface area contributed by atoms with Crippen molar-refractivity contribution in [3.8, 4) is 5.75 Å². The van der Waals surface area contributed by atoms with Crippen molar-refractivity contribution in [2.24, 2.45) is 0 Å². The number of anilines is 1. The summed E-state index contributed by atoms with van der Waals surface area (Å²) in [6.07, 6.45) is 4.23. The zero-order valence-corrected chi connectivity index (χ0v) is 13.4. The number of nitrogens with one attached hydrogen (secondary N) is 1. The standard InChI is InChI=1S/C18H18N2O4/c1-24-17-10-9-13(11-16(17)20(22)23)18(21)19-15-8-4-6-12-5-2-3-7-14(12)15/h4,6,8-11H,2-3,5,7H2,1H3,(H,19,21). The molecule has 1 aliphatic rings. The third kappa shape index (κ3) is 3.08. The molecule has 0 saturated heterocycles. The number of nitrogens with zero attached hydrogens (tertiary/aromatic N) is 1. The lowest BCUT2D eigenvalue weighted by atomic mass is 9.90. The van der Waals surface area contributed by atoms with Gasteiger partial charge in [0.25, 0.3) is 5.91 Å². The fourth-order valence-corrected chi connectivity index (χ4v) is 3.07. The summed E-state index contributed by atoms with van der Waals surface area (Å²) < 4.78 is 4.96. The maximum absolute atomic E-state index is 12.5. The Morgan fingerprint density at radius 3 is 2.75 bits per heavy atom. The van der Waals surface area contributed by atoms with Crippen LogP contribution in [0.25, 0.3) is 0 Å². The number of hydrogen-bond acceptors (Lipinski definition) is 4. The maximum atomic E-state index is 12.5. The molecule has 0 heterocycles. The van der Waals surface area contributed by atoms with Crippen molar-refractivity contribution in [3.05, 3.63) is 63.2 Å². The fourth-order valence-electron chi connectivity index (χ4n) is 3.07. The van der Waals surface area contributed by atoms with Crippen LogP contribution in [0.3, 0.4) is 0 Å². The molecule has 1 amide bonds. The maximum Gasteiger partial charge on any atom is 0.311 e. The number of fused-ring (bicyclic) bond motifs is 1. The second kappa shape index (κ2) is 6.70. The largest absolute Gasteiger partial charge is 0.490 e. The van der Waals surface area contributed by atoms with E-state index in [4.69, 9.17) is 4.74 Å². The van der Waals surface area contributed by atoms with Crippen molar-refractivity contribution < 1.29 is 14.5 Å². The monoisotopic (exact) mass is 326 g/mol. The molecule has 124 valence electrons. The van der Waals surface area contributed by atoms with Gasteiger partial charge >= 0.3 is 5.69 Å². The Balaban J connectivity index is 1.88. The molecule has 0 unspecified atom stereocenters. The van der Waals surface area contributed by atoms with Crippen molar-refractivity contribution in [1.82, 2.24) is 0 Å². The number of carbonyl (C=O) groups excluding carboxylic acids is 1. The molecule has 6 heteroatoms. The summed E-state index contributed by atoms with van der Waals surface area (Å²) >= 11 is 0. The first-order chi connectivity index (χ1) is 11.6. The molecule has 2 aromatic rings. The first-order valence-electron chi connectivity index (χ1n) is 7.84. The van der Waals surface area contributed by atoms with Gasteiger partial charge < -0.3 is 10.1 Å². The van der Waals surface area contributed by atoms with Crippen molar-refractivity contribution in [3.63, 3.8) is 0 Å². The molecule has 0 radical (unpaired) electrons. The highest BCUT2D eigenvalue weighted by molar-refractivity contribution is 6.05. The molecule has 0 saturated carbocycles.